The molecule has 0 heterocycles. The van der Waals surface area contributed by atoms with E-state index in [1.54, 1.807) is 0 Å². The van der Waals surface area contributed by atoms with Gasteiger partial charge >= 0.3 is 0 Å². The average Bonchev–Trinajstić information content (AvgIpc) is 2.23. The molecule has 19 heavy (non-hydrogen) atoms. The SMILES string of the molecule is CS(=O)(=O)CCCOc1ccc(Cl)cc1S(N)(=O)=O. The lowest BCUT2D eigenvalue weighted by Crippen LogP contribution is -2.15. The summed E-state index contributed by atoms with van der Waals surface area (Å²) in [7, 11) is -7.02. The van der Waals surface area contributed by atoms with Crippen LogP contribution in [0.15, 0.2) is 23.1 Å². The topological polar surface area (TPSA) is 104 Å². The summed E-state index contributed by atoms with van der Waals surface area (Å²) in [5, 5.41) is 5.25. The van der Waals surface area contributed by atoms with Crippen LogP contribution in [0.1, 0.15) is 6.42 Å². The number of primary sulfonamides is 1. The first kappa shape index (κ1) is 16.2. The summed E-state index contributed by atoms with van der Waals surface area (Å²) >= 11 is 5.69. The Bertz CT molecular complexity index is 654. The smallest absolute Gasteiger partial charge is 0.241 e. The number of sulfone groups is 1. The molecular formula is C10H14ClNO5S2. The van der Waals surface area contributed by atoms with Crippen LogP contribution in [-0.2, 0) is 19.9 Å². The van der Waals surface area contributed by atoms with Crippen LogP contribution in [0, 0.1) is 0 Å². The standard InChI is InChI=1S/C10H14ClNO5S2/c1-18(13,14)6-2-5-17-9-4-3-8(11)7-10(9)19(12,15)16/h3-4,7H,2,5-6H2,1H3,(H2,12,15,16). The lowest BCUT2D eigenvalue weighted by Gasteiger charge is -2.10. The van der Waals surface area contributed by atoms with Gasteiger partial charge in [0.25, 0.3) is 0 Å². The van der Waals surface area contributed by atoms with Crippen LogP contribution in [0.3, 0.4) is 0 Å². The third-order valence-electron chi connectivity index (χ3n) is 2.13. The minimum atomic E-state index is -3.95. The van der Waals surface area contributed by atoms with E-state index in [1.807, 2.05) is 0 Å². The van der Waals surface area contributed by atoms with Crippen molar-refractivity contribution in [2.24, 2.45) is 5.14 Å². The summed E-state index contributed by atoms with van der Waals surface area (Å²) in [5.74, 6) is 0.0195. The Hall–Kier alpha value is -0.830. The van der Waals surface area contributed by atoms with Crippen molar-refractivity contribution < 1.29 is 21.6 Å². The molecule has 9 heteroatoms. The van der Waals surface area contributed by atoms with E-state index in [0.29, 0.717) is 0 Å². The Morgan fingerprint density at radius 1 is 1.26 bits per heavy atom. The van der Waals surface area contributed by atoms with Gasteiger partial charge in [0.15, 0.2) is 0 Å². The van der Waals surface area contributed by atoms with E-state index < -0.39 is 19.9 Å². The van der Waals surface area contributed by atoms with Gasteiger partial charge in [-0.25, -0.2) is 22.0 Å². The summed E-state index contributed by atoms with van der Waals surface area (Å²) in [5.41, 5.74) is 0. The Balaban J connectivity index is 2.79. The van der Waals surface area contributed by atoms with E-state index in [-0.39, 0.29) is 34.4 Å². The first-order chi connectivity index (χ1) is 8.59. The Kier molecular flexibility index (Phi) is 5.19. The molecule has 6 nitrogen and oxygen atoms in total. The number of hydrogen-bond acceptors (Lipinski definition) is 5. The molecule has 0 fully saturated rings. The summed E-state index contributed by atoms with van der Waals surface area (Å²) < 4.78 is 49.8. The van der Waals surface area contributed by atoms with Crippen molar-refractivity contribution in [2.75, 3.05) is 18.6 Å². The molecular weight excluding hydrogens is 314 g/mol. The van der Waals surface area contributed by atoms with Gasteiger partial charge < -0.3 is 4.74 Å². The highest BCUT2D eigenvalue weighted by Crippen LogP contribution is 2.26. The fourth-order valence-corrected chi connectivity index (χ4v) is 2.90. The molecule has 0 aromatic heterocycles. The van der Waals surface area contributed by atoms with Gasteiger partial charge in [-0.15, -0.1) is 0 Å². The van der Waals surface area contributed by atoms with Gasteiger partial charge in [0.05, 0.1) is 12.4 Å². The highest BCUT2D eigenvalue weighted by molar-refractivity contribution is 7.90. The van der Waals surface area contributed by atoms with Crippen LogP contribution in [-0.4, -0.2) is 35.5 Å². The van der Waals surface area contributed by atoms with E-state index in [9.17, 15) is 16.8 Å². The van der Waals surface area contributed by atoms with Gasteiger partial charge in [0, 0.05) is 11.3 Å². The maximum atomic E-state index is 11.3. The molecule has 2 N–H and O–H groups in total. The first-order valence-corrected chi connectivity index (χ1v) is 9.21. The lowest BCUT2D eigenvalue weighted by molar-refractivity contribution is 0.309. The van der Waals surface area contributed by atoms with Gasteiger partial charge in [0.1, 0.15) is 20.5 Å². The summed E-state index contributed by atoms with van der Waals surface area (Å²) in [6.07, 6.45) is 1.37. The third-order valence-corrected chi connectivity index (χ3v) is 4.33. The molecule has 0 aliphatic rings. The molecule has 1 rings (SSSR count). The van der Waals surface area contributed by atoms with Gasteiger partial charge in [0.2, 0.25) is 10.0 Å². The van der Waals surface area contributed by atoms with Crippen LogP contribution >= 0.6 is 11.6 Å². The van der Waals surface area contributed by atoms with Gasteiger partial charge in [-0.3, -0.25) is 0 Å². The zero-order valence-electron chi connectivity index (χ0n) is 10.2. The molecule has 1 aromatic carbocycles. The zero-order valence-corrected chi connectivity index (χ0v) is 12.6. The molecule has 0 saturated heterocycles. The molecule has 0 aliphatic heterocycles. The third kappa shape index (κ3) is 5.77. The zero-order chi connectivity index (χ0) is 14.7. The van der Waals surface area contributed by atoms with Crippen molar-refractivity contribution in [3.63, 3.8) is 0 Å². The fourth-order valence-electron chi connectivity index (χ4n) is 1.33. The van der Waals surface area contributed by atoms with E-state index >= 15 is 0 Å². The van der Waals surface area contributed by atoms with Crippen molar-refractivity contribution in [1.82, 2.24) is 0 Å². The number of ether oxygens (including phenoxy) is 1. The number of hydrogen-bond donors (Lipinski definition) is 1. The second kappa shape index (κ2) is 6.08. The van der Waals surface area contributed by atoms with Crippen LogP contribution in [0.2, 0.25) is 5.02 Å². The highest BCUT2D eigenvalue weighted by atomic mass is 35.5. The maximum absolute atomic E-state index is 11.3. The lowest BCUT2D eigenvalue weighted by atomic mass is 10.3. The van der Waals surface area contributed by atoms with Gasteiger partial charge in [-0.1, -0.05) is 11.6 Å². The predicted octanol–water partition coefficient (Wildman–Crippen LogP) is 0.801. The van der Waals surface area contributed by atoms with Gasteiger partial charge in [-0.2, -0.15) is 0 Å². The minimum absolute atomic E-state index is 0.0364. The van der Waals surface area contributed by atoms with Crippen LogP contribution < -0.4 is 9.88 Å². The quantitative estimate of drug-likeness (QED) is 0.778. The van der Waals surface area contributed by atoms with E-state index in [4.69, 9.17) is 21.5 Å². The molecule has 0 atom stereocenters. The fraction of sp³-hybridized carbons (Fsp3) is 0.400. The van der Waals surface area contributed by atoms with E-state index in [2.05, 4.69) is 0 Å². The number of rotatable bonds is 6. The number of nitrogens with two attached hydrogens (primary N) is 1. The van der Waals surface area contributed by atoms with Gasteiger partial charge in [-0.05, 0) is 24.6 Å². The molecule has 0 bridgehead atoms. The molecule has 0 saturated carbocycles. The number of sulfonamides is 1. The second-order valence-electron chi connectivity index (χ2n) is 3.97. The summed E-state index contributed by atoms with van der Waals surface area (Å²) in [6, 6.07) is 4.02. The molecule has 0 spiro atoms. The van der Waals surface area contributed by atoms with E-state index in [1.165, 1.54) is 18.2 Å². The van der Waals surface area contributed by atoms with Crippen molar-refractivity contribution >= 4 is 31.5 Å². The largest absolute Gasteiger partial charge is 0.492 e. The number of halogens is 1. The number of benzene rings is 1. The van der Waals surface area contributed by atoms with E-state index in [0.717, 1.165) is 6.26 Å². The highest BCUT2D eigenvalue weighted by Gasteiger charge is 2.16. The summed E-state index contributed by atoms with van der Waals surface area (Å²) in [6.45, 7) is 0.0667. The molecule has 108 valence electrons. The van der Waals surface area contributed by atoms with Crippen LogP contribution in [0.25, 0.3) is 0 Å². The minimum Gasteiger partial charge on any atom is -0.492 e. The summed E-state index contributed by atoms with van der Waals surface area (Å²) in [4.78, 5) is -0.223. The predicted molar refractivity (Wildman–Crippen MR) is 72.6 cm³/mol. The second-order valence-corrected chi connectivity index (χ2v) is 8.19. The molecule has 0 unspecified atom stereocenters. The normalized spacial score (nSPS) is 12.4. The van der Waals surface area contributed by atoms with Crippen molar-refractivity contribution in [1.29, 1.82) is 0 Å². The van der Waals surface area contributed by atoms with Crippen LogP contribution in [0.5, 0.6) is 5.75 Å². The molecule has 0 radical (unpaired) electrons. The Morgan fingerprint density at radius 2 is 1.89 bits per heavy atom. The van der Waals surface area contributed by atoms with Crippen molar-refractivity contribution in [2.45, 2.75) is 11.3 Å². The Morgan fingerprint density at radius 3 is 2.42 bits per heavy atom. The first-order valence-electron chi connectivity index (χ1n) is 5.22. The average molecular weight is 328 g/mol. The molecule has 1 aromatic rings. The van der Waals surface area contributed by atoms with Crippen molar-refractivity contribution in [3.05, 3.63) is 23.2 Å². The van der Waals surface area contributed by atoms with Crippen LogP contribution in [0.4, 0.5) is 0 Å². The molecule has 0 aliphatic carbocycles. The van der Waals surface area contributed by atoms with Crippen molar-refractivity contribution in [3.8, 4) is 5.75 Å². The monoisotopic (exact) mass is 327 g/mol. The Labute approximate surface area is 117 Å². The maximum Gasteiger partial charge on any atom is 0.241 e. The molecule has 0 amide bonds.